The molecule has 1 fully saturated rings. The number of aromatic amines is 1. The molecule has 2 aliphatic rings. The van der Waals surface area contributed by atoms with Crippen LogP contribution in [0, 0.1) is 6.92 Å². The van der Waals surface area contributed by atoms with Gasteiger partial charge in [-0.25, -0.2) is 9.78 Å². The Balaban J connectivity index is 1.43. The maximum atomic E-state index is 13.6. The molecule has 1 N–H and O–H groups in total. The van der Waals surface area contributed by atoms with E-state index < -0.39 is 0 Å². The van der Waals surface area contributed by atoms with Crippen molar-refractivity contribution in [3.8, 4) is 5.82 Å². The van der Waals surface area contributed by atoms with Crippen LogP contribution >= 0.6 is 0 Å². The summed E-state index contributed by atoms with van der Waals surface area (Å²) in [7, 11) is 0. The monoisotopic (exact) mass is 446 g/mol. The van der Waals surface area contributed by atoms with Gasteiger partial charge in [-0.1, -0.05) is 6.92 Å². The first-order chi connectivity index (χ1) is 16.1. The lowest BCUT2D eigenvalue weighted by atomic mass is 9.96. The van der Waals surface area contributed by atoms with Gasteiger partial charge >= 0.3 is 0 Å². The highest BCUT2D eigenvalue weighted by molar-refractivity contribution is 6.07. The zero-order valence-electron chi connectivity index (χ0n) is 19.3. The van der Waals surface area contributed by atoms with E-state index in [1.807, 2.05) is 11.8 Å². The van der Waals surface area contributed by atoms with E-state index in [2.05, 4.69) is 45.3 Å². The molecule has 1 atom stereocenters. The Bertz CT molecular complexity index is 1210. The summed E-state index contributed by atoms with van der Waals surface area (Å²) < 4.78 is 1.58. The van der Waals surface area contributed by atoms with Crippen LogP contribution in [0.2, 0.25) is 0 Å². The van der Waals surface area contributed by atoms with E-state index in [1.165, 1.54) is 36.6 Å². The third kappa shape index (κ3) is 3.94. The van der Waals surface area contributed by atoms with Gasteiger partial charge in [0.15, 0.2) is 5.82 Å². The summed E-state index contributed by atoms with van der Waals surface area (Å²) in [5.74, 6) is 0.420. The highest BCUT2D eigenvalue weighted by Gasteiger charge is 2.28. The van der Waals surface area contributed by atoms with Gasteiger partial charge in [0.1, 0.15) is 0 Å². The van der Waals surface area contributed by atoms with Crippen molar-refractivity contribution in [1.29, 1.82) is 0 Å². The molecule has 0 bridgehead atoms. The van der Waals surface area contributed by atoms with Crippen LogP contribution < -0.4 is 15.4 Å². The molecular formula is C25H30N6O2. The number of benzene rings is 1. The van der Waals surface area contributed by atoms with E-state index in [0.717, 1.165) is 31.5 Å². The Hall–Kier alpha value is -3.42. The molecule has 172 valence electrons. The third-order valence-corrected chi connectivity index (χ3v) is 6.98. The highest BCUT2D eigenvalue weighted by atomic mass is 16.2. The fraction of sp³-hybridized carbons (Fsp3) is 0.440. The van der Waals surface area contributed by atoms with Crippen LogP contribution in [-0.4, -0.2) is 45.0 Å². The SMILES string of the molecule is CCC1CCCCN1c1ccc2c(c1)CCCN2C(=O)c1cnn(-c2ccc(=O)[nH]n2)c1C. The molecule has 1 saturated heterocycles. The van der Waals surface area contributed by atoms with E-state index in [-0.39, 0.29) is 11.5 Å². The summed E-state index contributed by atoms with van der Waals surface area (Å²) in [5.41, 5.74) is 4.47. The number of amides is 1. The van der Waals surface area contributed by atoms with Gasteiger partial charge in [-0.2, -0.15) is 10.2 Å². The lowest BCUT2D eigenvalue weighted by Crippen LogP contribution is -2.39. The number of nitrogens with one attached hydrogen (secondary N) is 1. The highest BCUT2D eigenvalue weighted by Crippen LogP contribution is 2.35. The molecule has 0 spiro atoms. The fourth-order valence-electron chi connectivity index (χ4n) is 5.19. The van der Waals surface area contributed by atoms with Crippen LogP contribution in [-0.2, 0) is 6.42 Å². The van der Waals surface area contributed by atoms with Gasteiger partial charge in [0.05, 0.1) is 17.5 Å². The fourth-order valence-corrected chi connectivity index (χ4v) is 5.19. The van der Waals surface area contributed by atoms with Crippen molar-refractivity contribution in [2.45, 2.75) is 58.4 Å². The number of aryl methyl sites for hydroxylation is 1. The standard InChI is InChI=1S/C25H30N6O2/c1-3-19-8-4-5-13-29(19)20-9-10-22-18(15-20)7-6-14-30(22)25(33)21-16-26-31(17(21)2)23-11-12-24(32)28-27-23/h9-12,15-16,19H,3-8,13-14H2,1-2H3,(H,28,32). The van der Waals surface area contributed by atoms with Crippen molar-refractivity contribution in [3.63, 3.8) is 0 Å². The van der Waals surface area contributed by atoms with Gasteiger partial charge in [-0.15, -0.1) is 0 Å². The van der Waals surface area contributed by atoms with E-state index in [9.17, 15) is 9.59 Å². The molecule has 0 radical (unpaired) electrons. The molecule has 3 aromatic rings. The summed E-state index contributed by atoms with van der Waals surface area (Å²) >= 11 is 0. The quantitative estimate of drug-likeness (QED) is 0.661. The topological polar surface area (TPSA) is 87.1 Å². The maximum Gasteiger partial charge on any atom is 0.264 e. The molecule has 0 saturated carbocycles. The van der Waals surface area contributed by atoms with Crippen LogP contribution in [0.5, 0.6) is 0 Å². The predicted octanol–water partition coefficient (Wildman–Crippen LogP) is 3.63. The normalized spacial score (nSPS) is 18.3. The van der Waals surface area contributed by atoms with Gasteiger partial charge in [-0.3, -0.25) is 9.59 Å². The van der Waals surface area contributed by atoms with Gasteiger partial charge in [0.25, 0.3) is 11.5 Å². The zero-order valence-corrected chi connectivity index (χ0v) is 19.3. The molecule has 4 heterocycles. The average molecular weight is 447 g/mol. The number of aromatic nitrogens is 4. The first-order valence-electron chi connectivity index (χ1n) is 11.9. The Morgan fingerprint density at radius 3 is 2.82 bits per heavy atom. The zero-order chi connectivity index (χ0) is 22.9. The second kappa shape index (κ2) is 8.84. The number of anilines is 2. The summed E-state index contributed by atoms with van der Waals surface area (Å²) in [4.78, 5) is 29.3. The van der Waals surface area contributed by atoms with E-state index in [0.29, 0.717) is 29.7 Å². The number of carbonyl (C=O) groups excluding carboxylic acids is 1. The molecule has 33 heavy (non-hydrogen) atoms. The van der Waals surface area contributed by atoms with Gasteiger partial charge in [0.2, 0.25) is 0 Å². The molecule has 8 heteroatoms. The number of fused-ring (bicyclic) bond motifs is 1. The van der Waals surface area contributed by atoms with Gasteiger partial charge < -0.3 is 9.80 Å². The summed E-state index contributed by atoms with van der Waals surface area (Å²) in [6, 6.07) is 10.2. The molecule has 1 unspecified atom stereocenters. The van der Waals surface area contributed by atoms with Crippen LogP contribution in [0.25, 0.3) is 5.82 Å². The first-order valence-corrected chi connectivity index (χ1v) is 11.9. The first kappa shape index (κ1) is 21.4. The van der Waals surface area contributed by atoms with Crippen LogP contribution in [0.15, 0.2) is 41.3 Å². The maximum absolute atomic E-state index is 13.6. The van der Waals surface area contributed by atoms with Crippen molar-refractivity contribution in [2.75, 3.05) is 22.9 Å². The molecule has 2 aliphatic heterocycles. The minimum Gasteiger partial charge on any atom is -0.369 e. The van der Waals surface area contributed by atoms with Crippen LogP contribution in [0.1, 0.15) is 60.6 Å². The minimum absolute atomic E-state index is 0.0544. The minimum atomic E-state index is -0.279. The van der Waals surface area contributed by atoms with E-state index in [1.54, 1.807) is 16.9 Å². The lowest BCUT2D eigenvalue weighted by molar-refractivity contribution is 0.0984. The molecule has 8 nitrogen and oxygen atoms in total. The Morgan fingerprint density at radius 1 is 1.15 bits per heavy atom. The number of carbonyl (C=O) groups is 1. The smallest absolute Gasteiger partial charge is 0.264 e. The van der Waals surface area contributed by atoms with Crippen molar-refractivity contribution >= 4 is 17.3 Å². The molecular weight excluding hydrogens is 416 g/mol. The summed E-state index contributed by atoms with van der Waals surface area (Å²) in [6.45, 7) is 5.92. The predicted molar refractivity (Wildman–Crippen MR) is 128 cm³/mol. The second-order valence-electron chi connectivity index (χ2n) is 8.96. The number of H-pyrrole nitrogens is 1. The van der Waals surface area contributed by atoms with Crippen molar-refractivity contribution in [2.24, 2.45) is 0 Å². The number of nitrogens with zero attached hydrogens (tertiary/aromatic N) is 5. The second-order valence-corrected chi connectivity index (χ2v) is 8.96. The Morgan fingerprint density at radius 2 is 2.03 bits per heavy atom. The molecule has 0 aliphatic carbocycles. The number of rotatable bonds is 4. The molecule has 5 rings (SSSR count). The lowest BCUT2D eigenvalue weighted by Gasteiger charge is -2.38. The number of piperidine rings is 1. The summed E-state index contributed by atoms with van der Waals surface area (Å²) in [5, 5.41) is 10.8. The van der Waals surface area contributed by atoms with Crippen molar-refractivity contribution < 1.29 is 4.79 Å². The average Bonchev–Trinajstić information content (AvgIpc) is 3.24. The largest absolute Gasteiger partial charge is 0.369 e. The molecule has 1 aromatic carbocycles. The third-order valence-electron chi connectivity index (χ3n) is 6.98. The van der Waals surface area contributed by atoms with E-state index >= 15 is 0 Å². The van der Waals surface area contributed by atoms with E-state index in [4.69, 9.17) is 0 Å². The Labute approximate surface area is 193 Å². The van der Waals surface area contributed by atoms with Crippen LogP contribution in [0.3, 0.4) is 0 Å². The molecule has 2 aromatic heterocycles. The number of hydrogen-bond donors (Lipinski definition) is 1. The molecule has 1 amide bonds. The van der Waals surface area contributed by atoms with Crippen molar-refractivity contribution in [3.05, 3.63) is 63.7 Å². The van der Waals surface area contributed by atoms with Gasteiger partial charge in [-0.05, 0) is 75.3 Å². The summed E-state index contributed by atoms with van der Waals surface area (Å²) in [6.07, 6.45) is 8.48. The van der Waals surface area contributed by atoms with Gasteiger partial charge in [0, 0.05) is 36.6 Å². The van der Waals surface area contributed by atoms with Crippen LogP contribution in [0.4, 0.5) is 11.4 Å². The number of hydrogen-bond acceptors (Lipinski definition) is 5. The van der Waals surface area contributed by atoms with Crippen molar-refractivity contribution in [1.82, 2.24) is 20.0 Å². The Kier molecular flexibility index (Phi) is 5.74.